The Bertz CT molecular complexity index is 999. The van der Waals surface area contributed by atoms with Crippen molar-refractivity contribution in [1.82, 2.24) is 0 Å². The maximum atomic E-state index is 12.9. The Morgan fingerprint density at radius 1 is 0.844 bits per heavy atom. The zero-order valence-corrected chi connectivity index (χ0v) is 17.2. The minimum absolute atomic E-state index is 0.0819. The molecule has 2 rings (SSSR count). The first kappa shape index (κ1) is 24.3. The molecule has 32 heavy (non-hydrogen) atoms. The Labute approximate surface area is 183 Å². The Balaban J connectivity index is 2.23. The monoisotopic (exact) mass is 442 g/mol. The molecule has 0 saturated carbocycles. The van der Waals surface area contributed by atoms with Gasteiger partial charge in [-0.15, -0.1) is 0 Å². The van der Waals surface area contributed by atoms with Gasteiger partial charge in [-0.3, -0.25) is 4.89 Å². The second-order valence-corrected chi connectivity index (χ2v) is 6.47. The van der Waals surface area contributed by atoms with Gasteiger partial charge in [0.15, 0.2) is 0 Å². The predicted octanol–water partition coefficient (Wildman–Crippen LogP) is 3.23. The van der Waals surface area contributed by atoms with Gasteiger partial charge in [0, 0.05) is 25.0 Å². The first-order valence-electron chi connectivity index (χ1n) is 9.57. The molecule has 1 N–H and O–H groups in total. The number of esters is 3. The normalized spacial score (nSPS) is 10.3. The van der Waals surface area contributed by atoms with Crippen molar-refractivity contribution in [3.05, 3.63) is 72.8 Å². The van der Waals surface area contributed by atoms with Crippen LogP contribution in [0.1, 0.15) is 33.6 Å². The van der Waals surface area contributed by atoms with Gasteiger partial charge in [-0.05, 0) is 22.9 Å². The second-order valence-electron chi connectivity index (χ2n) is 6.47. The van der Waals surface area contributed by atoms with Crippen LogP contribution in [-0.4, -0.2) is 48.5 Å². The van der Waals surface area contributed by atoms with Crippen LogP contribution in [0.4, 0.5) is 0 Å². The van der Waals surface area contributed by atoms with Crippen molar-refractivity contribution in [2.24, 2.45) is 0 Å². The number of rotatable bonds is 11. The predicted molar refractivity (Wildman–Crippen MR) is 113 cm³/mol. The van der Waals surface area contributed by atoms with Crippen LogP contribution in [0.3, 0.4) is 0 Å². The molecule has 2 aromatic carbocycles. The highest BCUT2D eigenvalue weighted by Gasteiger charge is 2.24. The van der Waals surface area contributed by atoms with E-state index in [1.807, 2.05) is 0 Å². The summed E-state index contributed by atoms with van der Waals surface area (Å²) < 4.78 is 15.3. The zero-order chi connectivity index (χ0) is 23.5. The minimum Gasteiger partial charge on any atom is -0.462 e. The van der Waals surface area contributed by atoms with E-state index >= 15 is 0 Å². The average molecular weight is 442 g/mol. The third-order valence-electron chi connectivity index (χ3n) is 4.38. The SMILES string of the molecule is C=CC(=O)OCCC(CCOC(=O)C=C)OC(=O)c1cc2ccccc2cc1C(=O)OO. The first-order valence-corrected chi connectivity index (χ1v) is 9.57. The fourth-order valence-corrected chi connectivity index (χ4v) is 2.80. The highest BCUT2D eigenvalue weighted by molar-refractivity contribution is 6.07. The van der Waals surface area contributed by atoms with Crippen LogP contribution in [-0.2, 0) is 28.7 Å². The number of fused-ring (bicyclic) bond motifs is 1. The van der Waals surface area contributed by atoms with Gasteiger partial charge < -0.3 is 14.2 Å². The summed E-state index contributed by atoms with van der Waals surface area (Å²) in [5.74, 6) is -3.28. The summed E-state index contributed by atoms with van der Waals surface area (Å²) in [6, 6.07) is 9.81. The number of hydrogen-bond acceptors (Lipinski definition) is 9. The summed E-state index contributed by atoms with van der Waals surface area (Å²) >= 11 is 0. The molecule has 0 spiro atoms. The van der Waals surface area contributed by atoms with Crippen molar-refractivity contribution in [3.8, 4) is 0 Å². The summed E-state index contributed by atoms with van der Waals surface area (Å²) in [7, 11) is 0. The van der Waals surface area contributed by atoms with Crippen LogP contribution in [0.25, 0.3) is 10.8 Å². The fourth-order valence-electron chi connectivity index (χ4n) is 2.80. The van der Waals surface area contributed by atoms with Crippen molar-refractivity contribution < 1.29 is 43.5 Å². The van der Waals surface area contributed by atoms with E-state index in [9.17, 15) is 19.2 Å². The third kappa shape index (κ3) is 6.78. The summed E-state index contributed by atoms with van der Waals surface area (Å²) in [6.45, 7) is 6.42. The van der Waals surface area contributed by atoms with E-state index in [1.54, 1.807) is 24.3 Å². The molecule has 0 saturated heterocycles. The number of benzene rings is 2. The Morgan fingerprint density at radius 3 is 1.75 bits per heavy atom. The van der Waals surface area contributed by atoms with E-state index in [4.69, 9.17) is 19.5 Å². The molecule has 0 heterocycles. The number of carbonyl (C=O) groups is 4. The van der Waals surface area contributed by atoms with Gasteiger partial charge in [0.2, 0.25) is 0 Å². The molecule has 0 amide bonds. The molecule has 0 aliphatic carbocycles. The topological polar surface area (TPSA) is 125 Å². The lowest BCUT2D eigenvalue weighted by atomic mass is 10.0. The van der Waals surface area contributed by atoms with Crippen molar-refractivity contribution >= 4 is 34.6 Å². The number of carbonyl (C=O) groups excluding carboxylic acids is 4. The molecular weight excluding hydrogens is 420 g/mol. The van der Waals surface area contributed by atoms with Crippen molar-refractivity contribution in [2.75, 3.05) is 13.2 Å². The van der Waals surface area contributed by atoms with E-state index < -0.39 is 30.0 Å². The minimum atomic E-state index is -1.13. The van der Waals surface area contributed by atoms with E-state index in [0.717, 1.165) is 12.2 Å². The van der Waals surface area contributed by atoms with Crippen LogP contribution in [0.5, 0.6) is 0 Å². The van der Waals surface area contributed by atoms with Crippen molar-refractivity contribution in [1.29, 1.82) is 0 Å². The molecule has 9 nitrogen and oxygen atoms in total. The number of ether oxygens (including phenoxy) is 3. The average Bonchev–Trinajstić information content (AvgIpc) is 2.81. The Morgan fingerprint density at radius 2 is 1.31 bits per heavy atom. The fraction of sp³-hybridized carbons (Fsp3) is 0.217. The standard InChI is InChI=1S/C23H22O9/c1-3-20(24)29-11-9-17(10-12-30-21(25)4-2)31-22(26)18-13-15-7-5-6-8-16(15)14-19(18)23(27)32-28/h3-8,13-14,17,28H,1-2,9-12H2. The van der Waals surface area contributed by atoms with Gasteiger partial charge in [-0.25, -0.2) is 19.2 Å². The van der Waals surface area contributed by atoms with E-state index in [0.29, 0.717) is 10.8 Å². The molecule has 0 radical (unpaired) electrons. The smallest absolute Gasteiger partial charge is 0.373 e. The lowest BCUT2D eigenvalue weighted by molar-refractivity contribution is -0.182. The van der Waals surface area contributed by atoms with Gasteiger partial charge in [0.05, 0.1) is 24.3 Å². The van der Waals surface area contributed by atoms with Crippen LogP contribution in [0.2, 0.25) is 0 Å². The van der Waals surface area contributed by atoms with Crippen LogP contribution in [0.15, 0.2) is 61.7 Å². The highest BCUT2D eigenvalue weighted by Crippen LogP contribution is 2.23. The van der Waals surface area contributed by atoms with Crippen molar-refractivity contribution in [3.63, 3.8) is 0 Å². The molecule has 2 aromatic rings. The van der Waals surface area contributed by atoms with Crippen LogP contribution < -0.4 is 0 Å². The maximum absolute atomic E-state index is 12.9. The second kappa shape index (κ2) is 12.0. The van der Waals surface area contributed by atoms with Gasteiger partial charge >= 0.3 is 23.9 Å². The lowest BCUT2D eigenvalue weighted by Crippen LogP contribution is -2.24. The van der Waals surface area contributed by atoms with Crippen LogP contribution >= 0.6 is 0 Å². The quantitative estimate of drug-likeness (QED) is 0.183. The van der Waals surface area contributed by atoms with Gasteiger partial charge in [-0.1, -0.05) is 37.4 Å². The summed E-state index contributed by atoms with van der Waals surface area (Å²) in [4.78, 5) is 51.2. The highest BCUT2D eigenvalue weighted by atomic mass is 17.1. The van der Waals surface area contributed by atoms with Crippen LogP contribution in [0, 0.1) is 0 Å². The van der Waals surface area contributed by atoms with Crippen molar-refractivity contribution in [2.45, 2.75) is 18.9 Å². The summed E-state index contributed by atoms with van der Waals surface area (Å²) in [5.41, 5.74) is -0.315. The Hall–Kier alpha value is -3.98. The molecule has 168 valence electrons. The first-order chi connectivity index (χ1) is 15.4. The van der Waals surface area contributed by atoms with E-state index in [1.165, 1.54) is 12.1 Å². The van der Waals surface area contributed by atoms with E-state index in [-0.39, 0.29) is 37.2 Å². The zero-order valence-electron chi connectivity index (χ0n) is 17.2. The molecule has 9 heteroatoms. The van der Waals surface area contributed by atoms with E-state index in [2.05, 4.69) is 18.0 Å². The molecule has 0 fully saturated rings. The maximum Gasteiger partial charge on any atom is 0.373 e. The molecule has 0 unspecified atom stereocenters. The summed E-state index contributed by atoms with van der Waals surface area (Å²) in [5, 5.41) is 10.1. The largest absolute Gasteiger partial charge is 0.462 e. The molecule has 0 aliphatic heterocycles. The summed E-state index contributed by atoms with van der Waals surface area (Å²) in [6.07, 6.45) is 1.38. The Kier molecular flexibility index (Phi) is 9.12. The lowest BCUT2D eigenvalue weighted by Gasteiger charge is -2.19. The molecule has 0 aliphatic rings. The van der Waals surface area contributed by atoms with Gasteiger partial charge in [0.25, 0.3) is 0 Å². The van der Waals surface area contributed by atoms with Gasteiger partial charge in [0.1, 0.15) is 6.10 Å². The molecule has 0 atom stereocenters. The van der Waals surface area contributed by atoms with Gasteiger partial charge in [-0.2, -0.15) is 5.26 Å². The molecular formula is C23H22O9. The third-order valence-corrected chi connectivity index (χ3v) is 4.38. The number of hydrogen-bond donors (Lipinski definition) is 1. The molecule has 0 bridgehead atoms. The molecule has 0 aromatic heterocycles.